The van der Waals surface area contributed by atoms with E-state index < -0.39 is 0 Å². The van der Waals surface area contributed by atoms with Crippen LogP contribution in [0.15, 0.2) is 346 Å². The van der Waals surface area contributed by atoms with E-state index in [-0.39, 0.29) is 33.8 Å². The van der Waals surface area contributed by atoms with Gasteiger partial charge in [-0.1, -0.05) is 399 Å². The predicted molar refractivity (Wildman–Crippen MR) is 483 cm³/mol. The summed E-state index contributed by atoms with van der Waals surface area (Å²) in [5.74, 6) is 0. The van der Waals surface area contributed by atoms with Crippen LogP contribution in [0.1, 0.15) is 128 Å². The lowest BCUT2D eigenvalue weighted by Crippen LogP contribution is -2.58. The van der Waals surface area contributed by atoms with E-state index in [0.717, 1.165) is 11.4 Å². The number of fused-ring (bicyclic) bond motifs is 15. The number of rotatable bonds is 8. The van der Waals surface area contributed by atoms with Gasteiger partial charge >= 0.3 is 0 Å². The van der Waals surface area contributed by atoms with Gasteiger partial charge in [-0.05, 0) is 190 Å². The van der Waals surface area contributed by atoms with Gasteiger partial charge < -0.3 is 9.80 Å². The lowest BCUT2D eigenvalue weighted by Gasteiger charge is -2.38. The van der Waals surface area contributed by atoms with Crippen LogP contribution in [0.3, 0.4) is 0 Å². The number of nitrogens with zero attached hydrogens (tertiary/aromatic N) is 2. The Labute approximate surface area is 664 Å². The van der Waals surface area contributed by atoms with Crippen molar-refractivity contribution in [2.45, 2.75) is 110 Å². The summed E-state index contributed by atoms with van der Waals surface area (Å²) >= 11 is 0. The molecular weight excluding hydrogens is 1350 g/mol. The Hall–Kier alpha value is -11.9. The summed E-state index contributed by atoms with van der Waals surface area (Å²) in [5.41, 5.74) is 45.2. The molecule has 540 valence electrons. The second-order valence-electron chi connectivity index (χ2n) is 35.5. The van der Waals surface area contributed by atoms with Crippen molar-refractivity contribution in [3.8, 4) is 55.6 Å². The molecule has 0 fully saturated rings. The van der Waals surface area contributed by atoms with Gasteiger partial charge in [0.05, 0.1) is 0 Å². The molecule has 0 saturated heterocycles. The number of hydrogen-bond donors (Lipinski definition) is 0. The summed E-state index contributed by atoms with van der Waals surface area (Å²) < 4.78 is 0. The molecule has 15 aromatic rings. The van der Waals surface area contributed by atoms with Crippen molar-refractivity contribution in [1.82, 2.24) is 0 Å². The zero-order valence-electron chi connectivity index (χ0n) is 66.5. The maximum Gasteiger partial charge on any atom is 0.243 e. The summed E-state index contributed by atoms with van der Waals surface area (Å²) in [6, 6.07) is 128. The van der Waals surface area contributed by atoms with E-state index in [0.29, 0.717) is 13.4 Å². The quantitative estimate of drug-likeness (QED) is 0.140. The lowest BCUT2D eigenvalue weighted by molar-refractivity contribution is 0.590. The van der Waals surface area contributed by atoms with E-state index in [4.69, 9.17) is 0 Å². The first-order valence-corrected chi connectivity index (χ1v) is 40.3. The topological polar surface area (TPSA) is 6.48 Å². The third-order valence-electron chi connectivity index (χ3n) is 25.8. The van der Waals surface area contributed by atoms with E-state index in [9.17, 15) is 0 Å². The van der Waals surface area contributed by atoms with E-state index in [1.54, 1.807) is 0 Å². The fourth-order valence-corrected chi connectivity index (χ4v) is 20.0. The molecule has 21 rings (SSSR count). The molecule has 0 aliphatic carbocycles. The van der Waals surface area contributed by atoms with Gasteiger partial charge in [0.1, 0.15) is 0 Å². The molecule has 0 N–H and O–H groups in total. The standard InChI is InChI=1S/C39H30BN.C35H37B.C33H26BN/c1-39(2)34-20-12-13-21-37(34)40-36-23-22-31(41(29-16-8-4-9-17-29)30-18-10-5-11-19-30)26-32(36)33-24-28(25-35(39)38(33)40)27-14-6-3-7-15-27;1-33(2,3)24-15-12-22(13-16-24)23-14-18-31-29(20-23)35(7,8)28-11-9-10-26-27-21-25(34(4,5)6)17-19-30(27)36(31)32(26)28;1-33(2)28-18-11-17-27-26-16-9-10-19-30(26)34(32(27)28)31-21-20-25(22-29(31)33)35(23-12-5-3-6-13-23)24-14-7-4-8-15-24/h3-26H,1-2H3;9-21H,1-8H3;3-22H,1-2H3. The molecule has 0 saturated carbocycles. The van der Waals surface area contributed by atoms with Crippen molar-refractivity contribution in [3.05, 3.63) is 390 Å². The molecule has 0 bridgehead atoms. The van der Waals surface area contributed by atoms with Gasteiger partial charge in [-0.15, -0.1) is 0 Å². The monoisotopic (exact) mass is 1440 g/mol. The van der Waals surface area contributed by atoms with Crippen LogP contribution in [-0.2, 0) is 27.1 Å². The van der Waals surface area contributed by atoms with Crippen LogP contribution in [0.2, 0.25) is 0 Å². The summed E-state index contributed by atoms with van der Waals surface area (Å²) in [6.45, 7) is 29.0. The highest BCUT2D eigenvalue weighted by atomic mass is 15.1. The molecule has 6 aliphatic rings. The zero-order chi connectivity index (χ0) is 76.7. The number of benzene rings is 15. The van der Waals surface area contributed by atoms with Crippen LogP contribution in [-0.4, -0.2) is 20.1 Å². The van der Waals surface area contributed by atoms with Crippen molar-refractivity contribution in [2.75, 3.05) is 9.80 Å². The van der Waals surface area contributed by atoms with Crippen molar-refractivity contribution < 1.29 is 0 Å². The normalized spacial score (nSPS) is 14.4. The highest BCUT2D eigenvalue weighted by Crippen LogP contribution is 2.47. The maximum absolute atomic E-state index is 2.47. The molecular formula is C107H93B3N2. The fourth-order valence-electron chi connectivity index (χ4n) is 20.0. The molecule has 0 amide bonds. The lowest BCUT2D eigenvalue weighted by atomic mass is 9.33. The smallest absolute Gasteiger partial charge is 0.243 e. The summed E-state index contributed by atoms with van der Waals surface area (Å²) in [5, 5.41) is 0. The van der Waals surface area contributed by atoms with Gasteiger partial charge in [0.25, 0.3) is 0 Å². The average molecular weight is 1440 g/mol. The zero-order valence-corrected chi connectivity index (χ0v) is 66.5. The Kier molecular flexibility index (Phi) is 16.8. The number of para-hydroxylation sites is 4. The highest BCUT2D eigenvalue weighted by molar-refractivity contribution is 7.01. The molecule has 0 atom stereocenters. The first-order chi connectivity index (χ1) is 54.1. The van der Waals surface area contributed by atoms with Gasteiger partial charge in [-0.3, -0.25) is 0 Å². The van der Waals surface area contributed by atoms with E-state index in [1.807, 2.05) is 0 Å². The molecule has 112 heavy (non-hydrogen) atoms. The van der Waals surface area contributed by atoms with Crippen molar-refractivity contribution in [3.63, 3.8) is 0 Å². The minimum Gasteiger partial charge on any atom is -0.310 e. The summed E-state index contributed by atoms with van der Waals surface area (Å²) in [6.07, 6.45) is 0. The van der Waals surface area contributed by atoms with Gasteiger partial charge in [0.2, 0.25) is 20.1 Å². The van der Waals surface area contributed by atoms with E-state index in [2.05, 4.69) is 439 Å². The van der Waals surface area contributed by atoms with Crippen LogP contribution in [0.5, 0.6) is 0 Å². The third-order valence-corrected chi connectivity index (χ3v) is 25.8. The second-order valence-corrected chi connectivity index (χ2v) is 35.5. The largest absolute Gasteiger partial charge is 0.310 e. The highest BCUT2D eigenvalue weighted by Gasteiger charge is 2.49. The molecule has 0 radical (unpaired) electrons. The van der Waals surface area contributed by atoms with Crippen LogP contribution in [0, 0.1) is 0 Å². The summed E-state index contributed by atoms with van der Waals surface area (Å²) in [7, 11) is 0. The fraction of sp³-hybridized carbons (Fsp3) is 0.159. The van der Waals surface area contributed by atoms with Gasteiger partial charge in [0.15, 0.2) is 0 Å². The maximum atomic E-state index is 2.47. The predicted octanol–water partition coefficient (Wildman–Crippen LogP) is 21.3. The molecule has 2 nitrogen and oxygen atoms in total. The minimum absolute atomic E-state index is 0.0482. The van der Waals surface area contributed by atoms with E-state index >= 15 is 0 Å². The Morgan fingerprint density at radius 2 is 0.554 bits per heavy atom. The van der Waals surface area contributed by atoms with Gasteiger partial charge in [-0.2, -0.15) is 0 Å². The molecule has 0 spiro atoms. The Morgan fingerprint density at radius 1 is 0.205 bits per heavy atom. The summed E-state index contributed by atoms with van der Waals surface area (Å²) in [4.78, 5) is 4.73. The average Bonchev–Trinajstić information content (AvgIpc) is 1.53. The van der Waals surface area contributed by atoms with Gasteiger partial charge in [0, 0.05) is 50.4 Å². The number of hydrogen-bond acceptors (Lipinski definition) is 2. The molecule has 6 aliphatic heterocycles. The first kappa shape index (κ1) is 70.5. The van der Waals surface area contributed by atoms with Crippen molar-refractivity contribution in [2.24, 2.45) is 0 Å². The molecule has 0 unspecified atom stereocenters. The molecule has 15 aromatic carbocycles. The van der Waals surface area contributed by atoms with Crippen molar-refractivity contribution in [1.29, 1.82) is 0 Å². The minimum atomic E-state index is -0.0903. The molecule has 5 heteroatoms. The Bertz CT molecular complexity index is 6110. The molecule has 0 aromatic heterocycles. The first-order valence-electron chi connectivity index (χ1n) is 40.3. The molecule has 6 heterocycles. The van der Waals surface area contributed by atoms with Crippen LogP contribution >= 0.6 is 0 Å². The van der Waals surface area contributed by atoms with Crippen LogP contribution < -0.4 is 59.0 Å². The van der Waals surface area contributed by atoms with Crippen LogP contribution in [0.25, 0.3) is 55.6 Å². The SMILES string of the molecule is CC(C)(C)c1ccc(-c2ccc3c(c2)C(C)(C)c2cccc4c2B3c2ccc(C(C)(C)C)cc2-4)cc1.CC1(C)c2cc(N(c3ccccc3)c3ccccc3)ccc2B2c3ccccc3-c3cccc1c32.CC1(C)c2ccccc2B2c3ccc(N(c4ccccc4)c4ccccc4)cc3-c3cc(-c4ccccc4)cc1c32. The van der Waals surface area contributed by atoms with E-state index in [1.165, 1.54) is 172 Å². The van der Waals surface area contributed by atoms with Gasteiger partial charge in [-0.25, -0.2) is 0 Å². The van der Waals surface area contributed by atoms with Crippen molar-refractivity contribution >= 4 is 103 Å². The third kappa shape index (κ3) is 11.5. The van der Waals surface area contributed by atoms with Crippen LogP contribution in [0.4, 0.5) is 34.1 Å². The Morgan fingerprint density at radius 3 is 1.09 bits per heavy atom. The number of anilines is 6. The Balaban J connectivity index is 0.000000114. The second kappa shape index (κ2) is 26.7.